The number of aromatic nitrogens is 1. The van der Waals surface area contributed by atoms with Crippen molar-refractivity contribution in [1.29, 1.82) is 0 Å². The highest BCUT2D eigenvalue weighted by Gasteiger charge is 2.20. The number of para-hydroxylation sites is 2. The molecular weight excluding hydrogens is 663 g/mol. The molecule has 260 valence electrons. The van der Waals surface area contributed by atoms with Crippen molar-refractivity contribution >= 4 is 78.3 Å². The van der Waals surface area contributed by atoms with E-state index < -0.39 is 0 Å². The summed E-state index contributed by atoms with van der Waals surface area (Å²) in [5, 5.41) is 5.62. The fourth-order valence-electron chi connectivity index (χ4n) is 8.00. The molecule has 6 aromatic carbocycles. The number of allylic oxidation sites excluding steroid dienone is 3. The third-order valence-corrected chi connectivity index (χ3v) is 10.7. The van der Waals surface area contributed by atoms with Gasteiger partial charge in [0.2, 0.25) is 0 Å². The first kappa shape index (κ1) is 31.9. The van der Waals surface area contributed by atoms with E-state index in [-0.39, 0.29) is 6.04 Å². The number of nitrogens with zero attached hydrogens (tertiary/aromatic N) is 2. The number of hydrogen-bond acceptors (Lipinski definition) is 4. The molecule has 0 saturated carbocycles. The fourth-order valence-corrected chi connectivity index (χ4v) is 8.00. The maximum Gasteiger partial charge on any atom is 0.160 e. The summed E-state index contributed by atoms with van der Waals surface area (Å²) in [6, 6.07) is 46.4. The molecule has 0 spiro atoms. The Morgan fingerprint density at radius 3 is 2.28 bits per heavy atom. The van der Waals surface area contributed by atoms with E-state index in [9.17, 15) is 0 Å². The van der Waals surface area contributed by atoms with E-state index in [0.717, 1.165) is 96.0 Å². The molecule has 2 N–H and O–H groups in total. The standard InChI is InChI=1S/C49H37N3O2/c1-2-42(32-13-5-3-6-14-32)51-43(33-23-28-47-40(29-33)37-16-7-4-8-19-45(37)53-47)30-41(50)31-21-24-34(25-22-31)52-44-18-11-9-15-35(44)38-26-27-39-36-17-10-12-20-46(36)54-49(39)48(38)52/h3,5-30,42H,2,4,50H2,1H3/b41-30-,51-43?. The highest BCUT2D eigenvalue weighted by molar-refractivity contribution is 6.21. The summed E-state index contributed by atoms with van der Waals surface area (Å²) < 4.78 is 15.1. The van der Waals surface area contributed by atoms with Crippen molar-refractivity contribution in [2.45, 2.75) is 25.8 Å². The molecule has 0 radical (unpaired) electrons. The smallest absolute Gasteiger partial charge is 0.160 e. The SMILES string of the molecule is CCC(N=C(/C=C(\N)c1ccc(-n2c3ccccc3c3ccc4c5ccccc5oc4c32)cc1)c1ccc2oc3c(c2c1)C=CCC=C3)c1ccccc1. The van der Waals surface area contributed by atoms with Crippen LogP contribution < -0.4 is 5.73 Å². The topological polar surface area (TPSA) is 69.6 Å². The Morgan fingerprint density at radius 1 is 0.704 bits per heavy atom. The highest BCUT2D eigenvalue weighted by atomic mass is 16.3. The monoisotopic (exact) mass is 699 g/mol. The van der Waals surface area contributed by atoms with Gasteiger partial charge in [0, 0.05) is 49.4 Å². The van der Waals surface area contributed by atoms with Crippen LogP contribution in [0, 0.1) is 0 Å². The van der Waals surface area contributed by atoms with Crippen molar-refractivity contribution in [2.24, 2.45) is 10.7 Å². The Morgan fingerprint density at radius 2 is 1.43 bits per heavy atom. The zero-order valence-electron chi connectivity index (χ0n) is 29.9. The van der Waals surface area contributed by atoms with Crippen LogP contribution in [0.15, 0.2) is 166 Å². The van der Waals surface area contributed by atoms with Crippen LogP contribution in [0.1, 0.15) is 53.8 Å². The predicted molar refractivity (Wildman–Crippen MR) is 225 cm³/mol. The lowest BCUT2D eigenvalue weighted by Gasteiger charge is -2.14. The molecule has 0 fully saturated rings. The molecule has 3 aromatic heterocycles. The molecule has 0 bridgehead atoms. The van der Waals surface area contributed by atoms with Gasteiger partial charge in [-0.3, -0.25) is 4.99 Å². The summed E-state index contributed by atoms with van der Waals surface area (Å²) in [5.74, 6) is 0.879. The van der Waals surface area contributed by atoms with Gasteiger partial charge >= 0.3 is 0 Å². The van der Waals surface area contributed by atoms with E-state index >= 15 is 0 Å². The summed E-state index contributed by atoms with van der Waals surface area (Å²) >= 11 is 0. The molecule has 1 aliphatic rings. The first-order chi connectivity index (χ1) is 26.6. The summed E-state index contributed by atoms with van der Waals surface area (Å²) in [5.41, 5.74) is 18.5. The Kier molecular flexibility index (Phi) is 7.65. The lowest BCUT2D eigenvalue weighted by atomic mass is 10.0. The molecule has 0 saturated heterocycles. The van der Waals surface area contributed by atoms with Gasteiger partial charge in [0.15, 0.2) is 5.58 Å². The van der Waals surface area contributed by atoms with Crippen LogP contribution in [0.4, 0.5) is 0 Å². The van der Waals surface area contributed by atoms with Crippen LogP contribution in [0.2, 0.25) is 0 Å². The van der Waals surface area contributed by atoms with Crippen LogP contribution in [0.5, 0.6) is 0 Å². The van der Waals surface area contributed by atoms with Gasteiger partial charge in [-0.2, -0.15) is 0 Å². The van der Waals surface area contributed by atoms with E-state index in [1.165, 1.54) is 10.9 Å². The molecule has 9 aromatic rings. The quantitative estimate of drug-likeness (QED) is 0.168. The number of hydrogen-bond donors (Lipinski definition) is 1. The normalized spacial score (nSPS) is 14.1. The number of benzene rings is 6. The lowest BCUT2D eigenvalue weighted by molar-refractivity contribution is 0.603. The first-order valence-corrected chi connectivity index (χ1v) is 18.6. The van der Waals surface area contributed by atoms with E-state index in [0.29, 0.717) is 5.70 Å². The maximum absolute atomic E-state index is 7.00. The van der Waals surface area contributed by atoms with Gasteiger partial charge in [-0.1, -0.05) is 110 Å². The molecule has 1 atom stereocenters. The second-order valence-corrected chi connectivity index (χ2v) is 13.9. The number of nitrogens with two attached hydrogens (primary N) is 1. The third kappa shape index (κ3) is 5.28. The summed E-state index contributed by atoms with van der Waals surface area (Å²) in [4.78, 5) is 5.38. The number of aliphatic imine (C=N–C) groups is 1. The zero-order chi connectivity index (χ0) is 36.2. The van der Waals surface area contributed by atoms with Crippen molar-refractivity contribution in [1.82, 2.24) is 4.57 Å². The van der Waals surface area contributed by atoms with E-state index in [1.807, 2.05) is 30.3 Å². The summed E-state index contributed by atoms with van der Waals surface area (Å²) in [6.07, 6.45) is 12.3. The zero-order valence-corrected chi connectivity index (χ0v) is 29.9. The summed E-state index contributed by atoms with van der Waals surface area (Å²) in [7, 11) is 0. The molecular formula is C49H37N3O2. The van der Waals surface area contributed by atoms with Gasteiger partial charge in [-0.25, -0.2) is 0 Å². The average Bonchev–Trinajstić information content (AvgIpc) is 3.82. The molecule has 10 rings (SSSR count). The summed E-state index contributed by atoms with van der Waals surface area (Å²) in [6.45, 7) is 2.18. The van der Waals surface area contributed by atoms with Gasteiger partial charge < -0.3 is 19.1 Å². The molecule has 5 nitrogen and oxygen atoms in total. The van der Waals surface area contributed by atoms with Crippen LogP contribution >= 0.6 is 0 Å². The molecule has 3 heterocycles. The number of rotatable bonds is 7. The molecule has 54 heavy (non-hydrogen) atoms. The fraction of sp³-hybridized carbons (Fsp3) is 0.0816. The van der Waals surface area contributed by atoms with Gasteiger partial charge in [0.05, 0.1) is 22.8 Å². The third-order valence-electron chi connectivity index (χ3n) is 10.7. The Balaban J connectivity index is 1.09. The average molecular weight is 700 g/mol. The molecule has 1 aliphatic carbocycles. The lowest BCUT2D eigenvalue weighted by Crippen LogP contribution is -2.07. The van der Waals surface area contributed by atoms with Crippen molar-refractivity contribution in [3.05, 3.63) is 180 Å². The Labute approximate surface area is 312 Å². The van der Waals surface area contributed by atoms with Crippen molar-refractivity contribution in [2.75, 3.05) is 0 Å². The Bertz CT molecular complexity index is 3000. The van der Waals surface area contributed by atoms with Crippen molar-refractivity contribution in [3.63, 3.8) is 0 Å². The van der Waals surface area contributed by atoms with Gasteiger partial charge in [0.1, 0.15) is 16.9 Å². The second-order valence-electron chi connectivity index (χ2n) is 13.9. The van der Waals surface area contributed by atoms with Gasteiger partial charge in [0.25, 0.3) is 0 Å². The second kappa shape index (κ2) is 13.0. The minimum atomic E-state index is -0.0296. The van der Waals surface area contributed by atoms with Crippen LogP contribution in [-0.2, 0) is 0 Å². The van der Waals surface area contributed by atoms with Crippen molar-refractivity contribution < 1.29 is 8.83 Å². The van der Waals surface area contributed by atoms with Gasteiger partial charge in [-0.15, -0.1) is 0 Å². The largest absolute Gasteiger partial charge is 0.456 e. The molecule has 0 aliphatic heterocycles. The Hall–Kier alpha value is -6.85. The highest BCUT2D eigenvalue weighted by Crippen LogP contribution is 2.40. The molecule has 0 amide bonds. The van der Waals surface area contributed by atoms with Crippen LogP contribution in [0.25, 0.3) is 78.3 Å². The van der Waals surface area contributed by atoms with Crippen molar-refractivity contribution in [3.8, 4) is 5.69 Å². The van der Waals surface area contributed by atoms with E-state index in [1.54, 1.807) is 0 Å². The molecule has 1 unspecified atom stereocenters. The minimum Gasteiger partial charge on any atom is -0.456 e. The first-order valence-electron chi connectivity index (χ1n) is 18.6. The van der Waals surface area contributed by atoms with E-state index in [2.05, 4.69) is 145 Å². The van der Waals surface area contributed by atoms with E-state index in [4.69, 9.17) is 19.6 Å². The predicted octanol–water partition coefficient (Wildman–Crippen LogP) is 12.8. The number of furan rings is 2. The number of fused-ring (bicyclic) bond motifs is 10. The van der Waals surface area contributed by atoms with Gasteiger partial charge in [-0.05, 0) is 84.7 Å². The maximum atomic E-state index is 7.00. The molecule has 5 heteroatoms. The van der Waals surface area contributed by atoms with Crippen LogP contribution in [-0.4, -0.2) is 10.3 Å². The minimum absolute atomic E-state index is 0.0296. The van der Waals surface area contributed by atoms with Crippen LogP contribution in [0.3, 0.4) is 0 Å².